The Balaban J connectivity index is 1.78. The minimum absolute atomic E-state index is 0.0719. The number of rotatable bonds is 5. The Kier molecular flexibility index (Phi) is 4.31. The minimum Gasteiger partial charge on any atom is -0.395 e. The van der Waals surface area contributed by atoms with Crippen molar-refractivity contribution in [1.82, 2.24) is 19.9 Å². The predicted molar refractivity (Wildman–Crippen MR) is 79.2 cm³/mol. The second-order valence-electron chi connectivity index (χ2n) is 5.08. The Hall–Kier alpha value is -1.73. The predicted octanol–water partition coefficient (Wildman–Crippen LogP) is 1.38. The molecule has 2 N–H and O–H groups in total. The van der Waals surface area contributed by atoms with Gasteiger partial charge in [-0.15, -0.1) is 11.3 Å². The molecule has 1 aliphatic carbocycles. The van der Waals surface area contributed by atoms with E-state index in [1.54, 1.807) is 17.3 Å². The van der Waals surface area contributed by atoms with Crippen LogP contribution in [-0.2, 0) is 19.4 Å². The first-order valence-corrected chi connectivity index (χ1v) is 7.96. The number of nitrogens with one attached hydrogen (secondary N) is 1. The molecule has 0 aromatic carbocycles. The van der Waals surface area contributed by atoms with Crippen LogP contribution >= 0.6 is 11.3 Å². The Morgan fingerprint density at radius 2 is 2.29 bits per heavy atom. The number of nitrogens with zero attached hydrogens (tertiary/aromatic N) is 3. The second kappa shape index (κ2) is 6.36. The molecule has 0 radical (unpaired) electrons. The van der Waals surface area contributed by atoms with Gasteiger partial charge in [0.2, 0.25) is 0 Å². The van der Waals surface area contributed by atoms with Gasteiger partial charge in [0.1, 0.15) is 5.82 Å². The highest BCUT2D eigenvalue weighted by molar-refractivity contribution is 7.13. The maximum absolute atomic E-state index is 12.6. The Morgan fingerprint density at radius 1 is 1.43 bits per heavy atom. The molecule has 1 amide bonds. The van der Waals surface area contributed by atoms with Gasteiger partial charge in [0.15, 0.2) is 5.01 Å². The van der Waals surface area contributed by atoms with E-state index in [2.05, 4.69) is 15.0 Å². The molecule has 7 heteroatoms. The molecular formula is C14H18N4O2S. The molecule has 2 aromatic heterocycles. The highest BCUT2D eigenvalue weighted by Crippen LogP contribution is 2.27. The van der Waals surface area contributed by atoms with Gasteiger partial charge in [-0.1, -0.05) is 0 Å². The number of aromatic amines is 1. The van der Waals surface area contributed by atoms with Crippen LogP contribution in [0.5, 0.6) is 0 Å². The maximum Gasteiger partial charge on any atom is 0.283 e. The Labute approximate surface area is 126 Å². The van der Waals surface area contributed by atoms with E-state index in [9.17, 15) is 9.90 Å². The molecule has 0 bridgehead atoms. The van der Waals surface area contributed by atoms with E-state index < -0.39 is 0 Å². The Bertz CT molecular complexity index is 585. The summed E-state index contributed by atoms with van der Waals surface area (Å²) < 4.78 is 0. The van der Waals surface area contributed by atoms with E-state index in [0.717, 1.165) is 25.0 Å². The van der Waals surface area contributed by atoms with Crippen LogP contribution < -0.4 is 0 Å². The summed E-state index contributed by atoms with van der Waals surface area (Å²) in [5, 5.41) is 9.71. The van der Waals surface area contributed by atoms with Gasteiger partial charge in [0.05, 0.1) is 18.8 Å². The van der Waals surface area contributed by atoms with Gasteiger partial charge >= 0.3 is 0 Å². The maximum atomic E-state index is 12.6. The van der Waals surface area contributed by atoms with Crippen molar-refractivity contribution in [2.24, 2.45) is 0 Å². The molecule has 0 aliphatic heterocycles. The smallest absolute Gasteiger partial charge is 0.283 e. The zero-order valence-electron chi connectivity index (χ0n) is 11.7. The van der Waals surface area contributed by atoms with Gasteiger partial charge in [-0.3, -0.25) is 4.79 Å². The van der Waals surface area contributed by atoms with E-state index in [1.807, 2.05) is 0 Å². The summed E-state index contributed by atoms with van der Waals surface area (Å²) in [6, 6.07) is 0. The lowest BCUT2D eigenvalue weighted by atomic mass is 10.0. The van der Waals surface area contributed by atoms with Crippen LogP contribution in [-0.4, -0.2) is 44.0 Å². The van der Waals surface area contributed by atoms with Gasteiger partial charge < -0.3 is 15.0 Å². The summed E-state index contributed by atoms with van der Waals surface area (Å²) in [5.41, 5.74) is 1.08. The Morgan fingerprint density at radius 3 is 3.00 bits per heavy atom. The molecule has 2 aromatic rings. The van der Waals surface area contributed by atoms with Crippen LogP contribution in [0.25, 0.3) is 0 Å². The third-order valence-electron chi connectivity index (χ3n) is 3.58. The number of aryl methyl sites for hydroxylation is 2. The van der Waals surface area contributed by atoms with Crippen LogP contribution in [0.3, 0.4) is 0 Å². The first kappa shape index (κ1) is 14.2. The van der Waals surface area contributed by atoms with E-state index in [1.165, 1.54) is 22.6 Å². The quantitative estimate of drug-likeness (QED) is 0.874. The molecule has 0 saturated heterocycles. The lowest BCUT2D eigenvalue weighted by Crippen LogP contribution is -2.33. The van der Waals surface area contributed by atoms with Gasteiger partial charge in [0, 0.05) is 23.8 Å². The molecule has 2 heterocycles. The number of carbonyl (C=O) groups is 1. The number of amides is 1. The zero-order chi connectivity index (χ0) is 14.7. The number of aromatic nitrogens is 3. The number of hydrogen-bond donors (Lipinski definition) is 2. The van der Waals surface area contributed by atoms with Gasteiger partial charge in [-0.2, -0.15) is 0 Å². The molecule has 1 aliphatic rings. The lowest BCUT2D eigenvalue weighted by molar-refractivity contribution is 0.0703. The first-order chi connectivity index (χ1) is 10.3. The number of fused-ring (bicyclic) bond motifs is 1. The van der Waals surface area contributed by atoms with Crippen molar-refractivity contribution in [1.29, 1.82) is 0 Å². The van der Waals surface area contributed by atoms with Gasteiger partial charge in [-0.25, -0.2) is 9.97 Å². The summed E-state index contributed by atoms with van der Waals surface area (Å²) >= 11 is 1.50. The van der Waals surface area contributed by atoms with Crippen LogP contribution in [0.2, 0.25) is 0 Å². The number of aliphatic hydroxyl groups excluding tert-OH is 1. The van der Waals surface area contributed by atoms with Crippen molar-refractivity contribution >= 4 is 17.2 Å². The molecule has 21 heavy (non-hydrogen) atoms. The van der Waals surface area contributed by atoms with E-state index in [-0.39, 0.29) is 19.1 Å². The van der Waals surface area contributed by atoms with Crippen molar-refractivity contribution in [2.75, 3.05) is 13.2 Å². The molecule has 6 nitrogen and oxygen atoms in total. The normalized spacial score (nSPS) is 14.0. The van der Waals surface area contributed by atoms with Crippen LogP contribution in [0, 0.1) is 0 Å². The second-order valence-corrected chi connectivity index (χ2v) is 6.17. The van der Waals surface area contributed by atoms with Crippen molar-refractivity contribution in [3.8, 4) is 0 Å². The molecule has 0 spiro atoms. The van der Waals surface area contributed by atoms with E-state index in [4.69, 9.17) is 0 Å². The van der Waals surface area contributed by atoms with Crippen molar-refractivity contribution in [3.05, 3.63) is 33.8 Å². The van der Waals surface area contributed by atoms with Crippen LogP contribution in [0.1, 0.15) is 39.0 Å². The highest BCUT2D eigenvalue weighted by Gasteiger charge is 2.23. The zero-order valence-corrected chi connectivity index (χ0v) is 12.5. The highest BCUT2D eigenvalue weighted by atomic mass is 32.1. The SMILES string of the molecule is O=C(c1nc2c(s1)CCCC2)N(CCO)Cc1ncc[nH]1. The third-order valence-corrected chi connectivity index (χ3v) is 4.73. The molecule has 0 atom stereocenters. The van der Waals surface area contributed by atoms with Crippen LogP contribution in [0.4, 0.5) is 0 Å². The van der Waals surface area contributed by atoms with Crippen LogP contribution in [0.15, 0.2) is 12.4 Å². The minimum atomic E-state index is -0.125. The molecule has 3 rings (SSSR count). The molecule has 0 saturated carbocycles. The van der Waals surface area contributed by atoms with Crippen molar-refractivity contribution in [2.45, 2.75) is 32.2 Å². The molecule has 112 valence electrons. The summed E-state index contributed by atoms with van der Waals surface area (Å²) in [6.07, 6.45) is 7.69. The average Bonchev–Trinajstić information content (AvgIpc) is 3.14. The number of aliphatic hydroxyl groups is 1. The number of thiazole rings is 1. The van der Waals surface area contributed by atoms with E-state index in [0.29, 0.717) is 17.4 Å². The monoisotopic (exact) mass is 306 g/mol. The molecular weight excluding hydrogens is 288 g/mol. The standard InChI is InChI=1S/C14H18N4O2S/c19-8-7-18(9-12-15-5-6-16-12)14(20)13-17-10-3-1-2-4-11(10)21-13/h5-6,19H,1-4,7-9H2,(H,15,16). The van der Waals surface area contributed by atoms with Crippen molar-refractivity contribution in [3.63, 3.8) is 0 Å². The van der Waals surface area contributed by atoms with Gasteiger partial charge in [0.25, 0.3) is 5.91 Å². The average molecular weight is 306 g/mol. The number of H-pyrrole nitrogens is 1. The third kappa shape index (κ3) is 3.14. The van der Waals surface area contributed by atoms with Crippen molar-refractivity contribution < 1.29 is 9.90 Å². The number of imidazole rings is 1. The number of hydrogen-bond acceptors (Lipinski definition) is 5. The summed E-state index contributed by atoms with van der Waals surface area (Å²) in [5.74, 6) is 0.581. The van der Waals surface area contributed by atoms with E-state index >= 15 is 0 Å². The fraction of sp³-hybridized carbons (Fsp3) is 0.500. The summed E-state index contributed by atoms with van der Waals surface area (Å²) in [4.78, 5) is 27.0. The topological polar surface area (TPSA) is 82.1 Å². The first-order valence-electron chi connectivity index (χ1n) is 7.15. The fourth-order valence-corrected chi connectivity index (χ4v) is 3.63. The largest absolute Gasteiger partial charge is 0.395 e. The fourth-order valence-electron chi connectivity index (χ4n) is 2.52. The molecule has 0 unspecified atom stereocenters. The lowest BCUT2D eigenvalue weighted by Gasteiger charge is -2.19. The summed E-state index contributed by atoms with van der Waals surface area (Å²) in [7, 11) is 0. The molecule has 0 fully saturated rings. The summed E-state index contributed by atoms with van der Waals surface area (Å²) in [6.45, 7) is 0.567. The van der Waals surface area contributed by atoms with Gasteiger partial charge in [-0.05, 0) is 25.7 Å². The number of carbonyl (C=O) groups excluding carboxylic acids is 1.